The zero-order valence-corrected chi connectivity index (χ0v) is 13.0. The molecule has 6 heteroatoms. The Balaban J connectivity index is 2.00. The van der Waals surface area contributed by atoms with Gasteiger partial charge in [0.2, 0.25) is 0 Å². The van der Waals surface area contributed by atoms with Gasteiger partial charge in [-0.05, 0) is 36.4 Å². The van der Waals surface area contributed by atoms with Crippen molar-refractivity contribution in [2.24, 2.45) is 0 Å². The topological polar surface area (TPSA) is 42.0 Å². The van der Waals surface area contributed by atoms with Crippen molar-refractivity contribution < 1.29 is 13.6 Å². The Morgan fingerprint density at radius 3 is 2.58 bits per heavy atom. The minimum Gasteiger partial charge on any atom is -0.321 e. The third kappa shape index (κ3) is 3.26. The summed E-state index contributed by atoms with van der Waals surface area (Å²) in [4.78, 5) is 16.2. The highest BCUT2D eigenvalue weighted by Crippen LogP contribution is 2.31. The molecule has 0 fully saturated rings. The minimum atomic E-state index is -0.586. The molecule has 0 spiro atoms. The Labute approximate surface area is 141 Å². The molecule has 0 atom stereocenters. The molecule has 0 unspecified atom stereocenters. The highest BCUT2D eigenvalue weighted by atomic mass is 35.5. The third-order valence-electron chi connectivity index (χ3n) is 3.40. The number of rotatable bonds is 3. The van der Waals surface area contributed by atoms with Gasteiger partial charge in [-0.3, -0.25) is 4.79 Å². The number of halogens is 3. The number of amides is 1. The average Bonchev–Trinajstić information content (AvgIpc) is 2.58. The van der Waals surface area contributed by atoms with Crippen molar-refractivity contribution in [2.45, 2.75) is 0 Å². The van der Waals surface area contributed by atoms with Gasteiger partial charge in [0, 0.05) is 23.0 Å². The first-order valence-electron chi connectivity index (χ1n) is 7.02. The second-order valence-electron chi connectivity index (χ2n) is 4.97. The monoisotopic (exact) mass is 344 g/mol. The lowest BCUT2D eigenvalue weighted by molar-refractivity contribution is 0.102. The molecule has 0 saturated carbocycles. The van der Waals surface area contributed by atoms with Crippen LogP contribution in [0.3, 0.4) is 0 Å². The van der Waals surface area contributed by atoms with Crippen molar-refractivity contribution in [3.63, 3.8) is 0 Å². The lowest BCUT2D eigenvalue weighted by Crippen LogP contribution is -2.13. The lowest BCUT2D eigenvalue weighted by atomic mass is 10.0. The van der Waals surface area contributed by atoms with Crippen LogP contribution in [-0.4, -0.2) is 10.9 Å². The molecule has 1 aromatic heterocycles. The van der Waals surface area contributed by atoms with E-state index in [1.54, 1.807) is 30.3 Å². The summed E-state index contributed by atoms with van der Waals surface area (Å²) in [7, 11) is 0. The zero-order chi connectivity index (χ0) is 17.1. The Kier molecular flexibility index (Phi) is 4.53. The van der Waals surface area contributed by atoms with Gasteiger partial charge in [0.15, 0.2) is 0 Å². The van der Waals surface area contributed by atoms with Gasteiger partial charge in [0.25, 0.3) is 5.91 Å². The second-order valence-corrected chi connectivity index (χ2v) is 5.32. The molecule has 120 valence electrons. The number of carbonyl (C=O) groups is 1. The van der Waals surface area contributed by atoms with Gasteiger partial charge in [-0.25, -0.2) is 13.8 Å². The summed E-state index contributed by atoms with van der Waals surface area (Å²) < 4.78 is 27.5. The number of nitrogens with zero attached hydrogens (tertiary/aromatic N) is 1. The Bertz CT molecular complexity index is 915. The number of anilines is 1. The maximum atomic E-state index is 14.0. The number of aromatic nitrogens is 1. The Hall–Kier alpha value is -2.79. The first-order chi connectivity index (χ1) is 11.6. The van der Waals surface area contributed by atoms with E-state index < -0.39 is 17.5 Å². The van der Waals surface area contributed by atoms with Gasteiger partial charge < -0.3 is 5.32 Å². The van der Waals surface area contributed by atoms with Crippen LogP contribution < -0.4 is 5.32 Å². The van der Waals surface area contributed by atoms with Gasteiger partial charge in [-0.15, -0.1) is 0 Å². The van der Waals surface area contributed by atoms with Crippen LogP contribution in [0.4, 0.5) is 14.5 Å². The molecule has 1 amide bonds. The molecule has 0 radical (unpaired) electrons. The second kappa shape index (κ2) is 6.76. The standard InChI is InChI=1S/C18H11ClF2N2O/c19-17-13(5-3-9-22-17)18(24)23-16-6-2-1-4-12(16)14-10-11(20)7-8-15(14)21/h1-10H,(H,23,24). The van der Waals surface area contributed by atoms with E-state index in [1.165, 1.54) is 12.3 Å². The number of carbonyl (C=O) groups excluding carboxylic acids is 1. The van der Waals surface area contributed by atoms with Crippen LogP contribution in [0.1, 0.15) is 10.4 Å². The van der Waals surface area contributed by atoms with Crippen LogP contribution in [0.2, 0.25) is 5.15 Å². The fraction of sp³-hybridized carbons (Fsp3) is 0. The van der Waals surface area contributed by atoms with E-state index in [-0.39, 0.29) is 16.3 Å². The first kappa shape index (κ1) is 16.1. The van der Waals surface area contributed by atoms with E-state index in [0.717, 1.165) is 18.2 Å². The first-order valence-corrected chi connectivity index (χ1v) is 7.40. The van der Waals surface area contributed by atoms with Crippen LogP contribution in [0.5, 0.6) is 0 Å². The third-order valence-corrected chi connectivity index (χ3v) is 3.70. The summed E-state index contributed by atoms with van der Waals surface area (Å²) in [6.07, 6.45) is 1.47. The summed E-state index contributed by atoms with van der Waals surface area (Å²) >= 11 is 5.91. The molecule has 3 nitrogen and oxygen atoms in total. The fourth-order valence-electron chi connectivity index (χ4n) is 2.28. The van der Waals surface area contributed by atoms with Crippen LogP contribution in [0, 0.1) is 11.6 Å². The maximum Gasteiger partial charge on any atom is 0.258 e. The van der Waals surface area contributed by atoms with E-state index >= 15 is 0 Å². The van der Waals surface area contributed by atoms with Crippen molar-refractivity contribution in [2.75, 3.05) is 5.32 Å². The number of para-hydroxylation sites is 1. The Morgan fingerprint density at radius 2 is 1.79 bits per heavy atom. The van der Waals surface area contributed by atoms with Gasteiger partial charge in [-0.2, -0.15) is 0 Å². The van der Waals surface area contributed by atoms with Crippen LogP contribution in [0.25, 0.3) is 11.1 Å². The molecule has 0 bridgehead atoms. The van der Waals surface area contributed by atoms with Crippen LogP contribution >= 0.6 is 11.6 Å². The normalized spacial score (nSPS) is 10.5. The summed E-state index contributed by atoms with van der Waals surface area (Å²) in [6, 6.07) is 12.8. The molecule has 0 aliphatic rings. The van der Waals surface area contributed by atoms with Crippen molar-refractivity contribution in [3.05, 3.63) is 83.1 Å². The molecule has 0 saturated heterocycles. The number of benzene rings is 2. The quantitative estimate of drug-likeness (QED) is 0.684. The molecule has 3 aromatic rings. The molecule has 1 heterocycles. The summed E-state index contributed by atoms with van der Waals surface area (Å²) in [5.41, 5.74) is 0.951. The molecule has 3 rings (SSSR count). The fourth-order valence-corrected chi connectivity index (χ4v) is 2.48. The number of pyridine rings is 1. The average molecular weight is 345 g/mol. The van der Waals surface area contributed by atoms with Gasteiger partial charge in [0.05, 0.1) is 5.56 Å². The van der Waals surface area contributed by atoms with Crippen molar-refractivity contribution in [1.29, 1.82) is 0 Å². The number of hydrogen-bond donors (Lipinski definition) is 1. The van der Waals surface area contributed by atoms with E-state index in [9.17, 15) is 13.6 Å². The summed E-state index contributed by atoms with van der Waals surface area (Å²) in [5, 5.41) is 2.72. The minimum absolute atomic E-state index is 0.0585. The number of nitrogens with one attached hydrogen (secondary N) is 1. The molecule has 0 aliphatic heterocycles. The van der Waals surface area contributed by atoms with E-state index in [4.69, 9.17) is 11.6 Å². The molecule has 24 heavy (non-hydrogen) atoms. The SMILES string of the molecule is O=C(Nc1ccccc1-c1cc(F)ccc1F)c1cccnc1Cl. The van der Waals surface area contributed by atoms with E-state index in [2.05, 4.69) is 10.3 Å². The van der Waals surface area contributed by atoms with Gasteiger partial charge >= 0.3 is 0 Å². The molecule has 2 aromatic carbocycles. The Morgan fingerprint density at radius 1 is 1.00 bits per heavy atom. The van der Waals surface area contributed by atoms with Crippen LogP contribution in [-0.2, 0) is 0 Å². The molecule has 0 aliphatic carbocycles. The highest BCUT2D eigenvalue weighted by molar-refractivity contribution is 6.33. The van der Waals surface area contributed by atoms with E-state index in [0.29, 0.717) is 11.3 Å². The van der Waals surface area contributed by atoms with Gasteiger partial charge in [0.1, 0.15) is 16.8 Å². The van der Waals surface area contributed by atoms with Crippen molar-refractivity contribution >= 4 is 23.2 Å². The smallest absolute Gasteiger partial charge is 0.258 e. The van der Waals surface area contributed by atoms with Crippen molar-refractivity contribution in [3.8, 4) is 11.1 Å². The lowest BCUT2D eigenvalue weighted by Gasteiger charge is -2.12. The van der Waals surface area contributed by atoms with Crippen LogP contribution in [0.15, 0.2) is 60.8 Å². The summed E-state index contributed by atoms with van der Waals surface area (Å²) in [6.45, 7) is 0. The predicted molar refractivity (Wildman–Crippen MR) is 89.0 cm³/mol. The zero-order valence-electron chi connectivity index (χ0n) is 12.3. The number of hydrogen-bond acceptors (Lipinski definition) is 2. The largest absolute Gasteiger partial charge is 0.321 e. The molecule has 1 N–H and O–H groups in total. The predicted octanol–water partition coefficient (Wildman–Crippen LogP) is 4.93. The van der Waals surface area contributed by atoms with Gasteiger partial charge in [-0.1, -0.05) is 29.8 Å². The summed E-state index contributed by atoms with van der Waals surface area (Å²) in [5.74, 6) is -1.64. The highest BCUT2D eigenvalue weighted by Gasteiger charge is 2.15. The molecular weight excluding hydrogens is 334 g/mol. The maximum absolute atomic E-state index is 14.0. The molecular formula is C18H11ClF2N2O. The van der Waals surface area contributed by atoms with Crippen molar-refractivity contribution in [1.82, 2.24) is 4.98 Å². The van der Waals surface area contributed by atoms with E-state index in [1.807, 2.05) is 0 Å².